The molecule has 0 bridgehead atoms. The van der Waals surface area contributed by atoms with Crippen LogP contribution in [0.3, 0.4) is 0 Å². The van der Waals surface area contributed by atoms with E-state index in [1.807, 2.05) is 0 Å². The number of halogens is 5. The molecular formula is C28H25BrF4N6O2. The van der Waals surface area contributed by atoms with Crippen LogP contribution in [0.25, 0.3) is 16.7 Å². The van der Waals surface area contributed by atoms with E-state index in [1.165, 1.54) is 38.6 Å². The number of alkyl halides is 3. The average Bonchev–Trinajstić information content (AvgIpc) is 3.29. The van der Waals surface area contributed by atoms with Gasteiger partial charge in [0.1, 0.15) is 5.52 Å². The van der Waals surface area contributed by atoms with Crippen molar-refractivity contribution in [1.29, 1.82) is 0 Å². The minimum Gasteiger partial charge on any atom is -0.349 e. The summed E-state index contributed by atoms with van der Waals surface area (Å²) >= 11 is 2.90. The van der Waals surface area contributed by atoms with Crippen molar-refractivity contribution in [3.05, 3.63) is 92.3 Å². The van der Waals surface area contributed by atoms with Gasteiger partial charge in [-0.15, -0.1) is 6.58 Å². The maximum absolute atomic E-state index is 15.1. The summed E-state index contributed by atoms with van der Waals surface area (Å²) in [6.45, 7) is 7.14. The predicted molar refractivity (Wildman–Crippen MR) is 150 cm³/mol. The molecule has 1 amide bonds. The van der Waals surface area contributed by atoms with Crippen molar-refractivity contribution in [1.82, 2.24) is 24.0 Å². The van der Waals surface area contributed by atoms with Gasteiger partial charge in [0.25, 0.3) is 11.5 Å². The van der Waals surface area contributed by atoms with Gasteiger partial charge < -0.3 is 14.8 Å². The van der Waals surface area contributed by atoms with E-state index in [9.17, 15) is 22.8 Å². The molecule has 4 aromatic rings. The van der Waals surface area contributed by atoms with E-state index in [1.54, 1.807) is 33.0 Å². The summed E-state index contributed by atoms with van der Waals surface area (Å²) in [4.78, 5) is 37.6. The maximum Gasteiger partial charge on any atom is 0.417 e. The molecule has 41 heavy (non-hydrogen) atoms. The number of aromatic nitrogens is 4. The molecule has 2 aromatic carbocycles. The lowest BCUT2D eigenvalue weighted by Crippen LogP contribution is -2.46. The number of rotatable bonds is 5. The molecule has 2 atom stereocenters. The van der Waals surface area contributed by atoms with Gasteiger partial charge in [0.05, 0.1) is 35.3 Å². The van der Waals surface area contributed by atoms with Crippen LogP contribution >= 0.6 is 15.9 Å². The van der Waals surface area contributed by atoms with Gasteiger partial charge in [0, 0.05) is 40.8 Å². The molecule has 0 aliphatic carbocycles. The minimum absolute atomic E-state index is 0.0979. The Bertz CT molecular complexity index is 1760. The summed E-state index contributed by atoms with van der Waals surface area (Å²) in [6.07, 6.45) is -1.48. The smallest absolute Gasteiger partial charge is 0.349 e. The fourth-order valence-electron chi connectivity index (χ4n) is 4.92. The van der Waals surface area contributed by atoms with Crippen LogP contribution in [0.2, 0.25) is 0 Å². The highest BCUT2D eigenvalue weighted by Gasteiger charge is 2.36. The average molecular weight is 633 g/mol. The number of benzene rings is 2. The highest BCUT2D eigenvalue weighted by atomic mass is 79.9. The predicted octanol–water partition coefficient (Wildman–Crippen LogP) is 5.61. The molecule has 0 fully saturated rings. The van der Waals surface area contributed by atoms with Crippen LogP contribution in [-0.4, -0.2) is 42.0 Å². The third kappa shape index (κ3) is 5.14. The van der Waals surface area contributed by atoms with Gasteiger partial charge in [-0.2, -0.15) is 13.2 Å². The van der Waals surface area contributed by atoms with Crippen LogP contribution in [0, 0.1) is 5.82 Å². The molecule has 0 radical (unpaired) electrons. The summed E-state index contributed by atoms with van der Waals surface area (Å²) in [5.41, 5.74) is -0.0771. The van der Waals surface area contributed by atoms with Crippen molar-refractivity contribution in [2.75, 3.05) is 5.32 Å². The molecule has 214 valence electrons. The standard InChI is InChI=1S/C28H25BrF4N6O2/c1-5-14(2)35-27-36-23-12-38(25(40)16-6-7-20(29)19(9-16)28(31,32)33)15(3)8-18(23)26(41)39(27)17-10-21(30)24-22(11-17)34-13-37(24)4/h5-7,9-11,13-15H,1,8,12H2,2-4H3,(H,35,36). The lowest BCUT2D eigenvalue weighted by atomic mass is 9.98. The third-order valence-electron chi connectivity index (χ3n) is 7.11. The van der Waals surface area contributed by atoms with Crippen molar-refractivity contribution in [2.24, 2.45) is 7.05 Å². The van der Waals surface area contributed by atoms with Gasteiger partial charge in [0.2, 0.25) is 5.95 Å². The Hall–Kier alpha value is -4.00. The fraction of sp³-hybridized carbons (Fsp3) is 0.286. The van der Waals surface area contributed by atoms with Crippen LogP contribution in [0.1, 0.15) is 41.0 Å². The first-order valence-electron chi connectivity index (χ1n) is 12.6. The number of imidazole rings is 1. The molecule has 0 saturated heterocycles. The normalized spacial score (nSPS) is 16.0. The number of fused-ring (bicyclic) bond motifs is 2. The summed E-state index contributed by atoms with van der Waals surface area (Å²) < 4.78 is 58.2. The number of amides is 1. The summed E-state index contributed by atoms with van der Waals surface area (Å²) in [7, 11) is 1.66. The van der Waals surface area contributed by atoms with Crippen molar-refractivity contribution < 1.29 is 22.4 Å². The zero-order chi connectivity index (χ0) is 29.8. The van der Waals surface area contributed by atoms with Gasteiger partial charge in [-0.3, -0.25) is 9.59 Å². The van der Waals surface area contributed by atoms with Gasteiger partial charge in [-0.05, 0) is 44.5 Å². The Morgan fingerprint density at radius 3 is 2.68 bits per heavy atom. The molecule has 1 aliphatic heterocycles. The Labute approximate surface area is 240 Å². The largest absolute Gasteiger partial charge is 0.417 e. The van der Waals surface area contributed by atoms with E-state index in [4.69, 9.17) is 0 Å². The maximum atomic E-state index is 15.1. The Morgan fingerprint density at radius 2 is 2.00 bits per heavy atom. The van der Waals surface area contributed by atoms with E-state index in [2.05, 4.69) is 37.8 Å². The second-order valence-corrected chi connectivity index (χ2v) is 10.9. The Kier molecular flexibility index (Phi) is 7.26. The molecule has 2 unspecified atom stereocenters. The Morgan fingerprint density at radius 1 is 1.27 bits per heavy atom. The van der Waals surface area contributed by atoms with Crippen molar-refractivity contribution >= 4 is 38.8 Å². The summed E-state index contributed by atoms with van der Waals surface area (Å²) in [5, 5.41) is 3.09. The van der Waals surface area contributed by atoms with Gasteiger partial charge in [-0.25, -0.2) is 18.9 Å². The number of carbonyl (C=O) groups is 1. The number of nitrogens with one attached hydrogen (secondary N) is 1. The second kappa shape index (κ2) is 10.4. The number of anilines is 1. The number of nitrogens with zero attached hydrogens (tertiary/aromatic N) is 5. The Balaban J connectivity index is 1.60. The molecule has 1 aliphatic rings. The zero-order valence-electron chi connectivity index (χ0n) is 22.3. The third-order valence-corrected chi connectivity index (χ3v) is 7.80. The van der Waals surface area contributed by atoms with Gasteiger partial charge in [0.15, 0.2) is 5.82 Å². The molecule has 0 saturated carbocycles. The molecule has 3 heterocycles. The number of hydrogen-bond donors (Lipinski definition) is 1. The first kappa shape index (κ1) is 28.5. The van der Waals surface area contributed by atoms with E-state index in [0.29, 0.717) is 16.8 Å². The van der Waals surface area contributed by atoms with E-state index < -0.39 is 35.1 Å². The topological polar surface area (TPSA) is 85.1 Å². The van der Waals surface area contributed by atoms with Crippen molar-refractivity contribution in [3.8, 4) is 5.69 Å². The van der Waals surface area contributed by atoms with Crippen molar-refractivity contribution in [2.45, 2.75) is 45.1 Å². The first-order chi connectivity index (χ1) is 19.3. The van der Waals surface area contributed by atoms with Crippen LogP contribution in [0.4, 0.5) is 23.5 Å². The SMILES string of the molecule is C=CC(C)Nc1nc2c(c(=O)n1-c1cc(F)c3c(c1)ncn3C)CC(C)N(C(=O)c1ccc(Br)c(C(F)(F)F)c1)C2. The number of aryl methyl sites for hydroxylation is 1. The lowest BCUT2D eigenvalue weighted by molar-refractivity contribution is -0.138. The van der Waals surface area contributed by atoms with Crippen LogP contribution in [0.15, 0.2) is 58.6 Å². The zero-order valence-corrected chi connectivity index (χ0v) is 23.8. The van der Waals surface area contributed by atoms with Crippen molar-refractivity contribution in [3.63, 3.8) is 0 Å². The molecule has 13 heteroatoms. The molecule has 0 spiro atoms. The van der Waals surface area contributed by atoms with Gasteiger partial charge in [-0.1, -0.05) is 22.0 Å². The monoisotopic (exact) mass is 632 g/mol. The highest BCUT2D eigenvalue weighted by Crippen LogP contribution is 2.36. The summed E-state index contributed by atoms with van der Waals surface area (Å²) in [6, 6.07) is 5.27. The van der Waals surface area contributed by atoms with E-state index >= 15 is 4.39 Å². The van der Waals surface area contributed by atoms with E-state index in [0.717, 1.165) is 6.07 Å². The molecular weight excluding hydrogens is 608 g/mol. The fourth-order valence-corrected chi connectivity index (χ4v) is 5.40. The van der Waals surface area contributed by atoms with Gasteiger partial charge >= 0.3 is 6.18 Å². The van der Waals surface area contributed by atoms with Crippen LogP contribution in [0.5, 0.6) is 0 Å². The van der Waals surface area contributed by atoms with E-state index in [-0.39, 0.29) is 46.2 Å². The number of hydrogen-bond acceptors (Lipinski definition) is 5. The minimum atomic E-state index is -4.65. The van der Waals surface area contributed by atoms with Crippen LogP contribution in [-0.2, 0) is 26.2 Å². The molecule has 8 nitrogen and oxygen atoms in total. The lowest BCUT2D eigenvalue weighted by Gasteiger charge is -2.35. The molecule has 5 rings (SSSR count). The highest BCUT2D eigenvalue weighted by molar-refractivity contribution is 9.10. The quantitative estimate of drug-likeness (QED) is 0.228. The first-order valence-corrected chi connectivity index (χ1v) is 13.4. The molecule has 1 N–H and O–H groups in total. The van der Waals surface area contributed by atoms with Crippen LogP contribution < -0.4 is 10.9 Å². The molecule has 2 aromatic heterocycles. The second-order valence-electron chi connectivity index (χ2n) is 10.00. The summed E-state index contributed by atoms with van der Waals surface area (Å²) in [5.74, 6) is -1.09. The number of carbonyl (C=O) groups excluding carboxylic acids is 1.